The van der Waals surface area contributed by atoms with E-state index in [0.717, 1.165) is 31.2 Å². The van der Waals surface area contributed by atoms with Crippen LogP contribution in [0.1, 0.15) is 58.9 Å². The van der Waals surface area contributed by atoms with Crippen LogP contribution in [0.3, 0.4) is 0 Å². The van der Waals surface area contributed by atoms with Gasteiger partial charge in [-0.05, 0) is 61.7 Å². The van der Waals surface area contributed by atoms with E-state index in [1.165, 1.54) is 6.92 Å². The lowest BCUT2D eigenvalue weighted by Gasteiger charge is -2.37. The van der Waals surface area contributed by atoms with Gasteiger partial charge >= 0.3 is 11.8 Å². The maximum absolute atomic E-state index is 12.6. The van der Waals surface area contributed by atoms with E-state index in [9.17, 15) is 19.2 Å². The summed E-state index contributed by atoms with van der Waals surface area (Å²) < 4.78 is 0. The number of amides is 3. The number of carbonyl (C=O) groups excluding carboxylic acids is 4. The Morgan fingerprint density at radius 1 is 0.875 bits per heavy atom. The molecule has 2 aliphatic rings. The van der Waals surface area contributed by atoms with Crippen molar-refractivity contribution >= 4 is 29.2 Å². The van der Waals surface area contributed by atoms with Crippen LogP contribution in [0.5, 0.6) is 0 Å². The Morgan fingerprint density at radius 2 is 1.50 bits per heavy atom. The van der Waals surface area contributed by atoms with E-state index in [-0.39, 0.29) is 17.7 Å². The molecule has 0 aromatic heterocycles. The van der Waals surface area contributed by atoms with Gasteiger partial charge < -0.3 is 15.1 Å². The SMILES string of the molecule is CC(=O)c1ccc(NC(=O)c2ccc(CN3CCN(C4CCCC4)C(=O)C3=O)cc2)cc1. The van der Waals surface area contributed by atoms with Crippen LogP contribution in [-0.2, 0) is 16.1 Å². The molecule has 7 nitrogen and oxygen atoms in total. The highest BCUT2D eigenvalue weighted by molar-refractivity contribution is 6.35. The van der Waals surface area contributed by atoms with Crippen LogP contribution in [-0.4, -0.2) is 52.4 Å². The molecule has 7 heteroatoms. The molecule has 0 radical (unpaired) electrons. The summed E-state index contributed by atoms with van der Waals surface area (Å²) in [5.41, 5.74) is 2.54. The number of rotatable bonds is 6. The maximum Gasteiger partial charge on any atom is 0.312 e. The zero-order valence-corrected chi connectivity index (χ0v) is 18.2. The third kappa shape index (κ3) is 4.72. The Morgan fingerprint density at radius 3 is 2.12 bits per heavy atom. The second-order valence-electron chi connectivity index (χ2n) is 8.45. The molecule has 1 saturated heterocycles. The first-order chi connectivity index (χ1) is 15.4. The largest absolute Gasteiger partial charge is 0.330 e. The van der Waals surface area contributed by atoms with E-state index in [4.69, 9.17) is 0 Å². The average molecular weight is 434 g/mol. The van der Waals surface area contributed by atoms with E-state index < -0.39 is 11.8 Å². The third-order valence-corrected chi connectivity index (χ3v) is 6.25. The van der Waals surface area contributed by atoms with Crippen LogP contribution in [0.2, 0.25) is 0 Å². The molecule has 1 aliphatic carbocycles. The predicted octanol–water partition coefficient (Wildman–Crippen LogP) is 3.25. The molecule has 1 N–H and O–H groups in total. The molecule has 2 aromatic carbocycles. The quantitative estimate of drug-likeness (QED) is 0.560. The summed E-state index contributed by atoms with van der Waals surface area (Å²) in [7, 11) is 0. The minimum atomic E-state index is -0.445. The van der Waals surface area contributed by atoms with Crippen molar-refractivity contribution in [2.75, 3.05) is 18.4 Å². The number of anilines is 1. The molecular weight excluding hydrogens is 406 g/mol. The molecule has 1 saturated carbocycles. The van der Waals surface area contributed by atoms with Crippen molar-refractivity contribution in [2.24, 2.45) is 0 Å². The van der Waals surface area contributed by atoms with E-state index in [1.807, 2.05) is 0 Å². The zero-order chi connectivity index (χ0) is 22.7. The normalized spacial score (nSPS) is 17.0. The molecular formula is C25H27N3O4. The van der Waals surface area contributed by atoms with Crippen molar-refractivity contribution in [2.45, 2.75) is 45.2 Å². The van der Waals surface area contributed by atoms with Gasteiger partial charge in [0.25, 0.3) is 5.91 Å². The number of hydrogen-bond donors (Lipinski definition) is 1. The summed E-state index contributed by atoms with van der Waals surface area (Å²) in [5, 5.41) is 2.80. The molecule has 0 spiro atoms. The summed E-state index contributed by atoms with van der Waals surface area (Å²) in [4.78, 5) is 52.3. The third-order valence-electron chi connectivity index (χ3n) is 6.25. The number of hydrogen-bond acceptors (Lipinski definition) is 4. The van der Waals surface area contributed by atoms with Crippen LogP contribution in [0.15, 0.2) is 48.5 Å². The Hall–Kier alpha value is -3.48. The van der Waals surface area contributed by atoms with Gasteiger partial charge in [-0.15, -0.1) is 0 Å². The summed E-state index contributed by atoms with van der Waals surface area (Å²) in [6.07, 6.45) is 4.22. The van der Waals surface area contributed by atoms with Gasteiger partial charge in [0.05, 0.1) is 0 Å². The molecule has 2 fully saturated rings. The van der Waals surface area contributed by atoms with E-state index >= 15 is 0 Å². The van der Waals surface area contributed by atoms with Crippen molar-refractivity contribution in [3.63, 3.8) is 0 Å². The Kier molecular flexibility index (Phi) is 6.35. The standard InChI is InChI=1S/C25H27N3O4/c1-17(29)19-10-12-21(13-11-19)26-23(30)20-8-6-18(7-9-20)16-27-14-15-28(25(32)24(27)31)22-4-2-3-5-22/h6-13,22H,2-5,14-16H2,1H3,(H,26,30). The highest BCUT2D eigenvalue weighted by Crippen LogP contribution is 2.25. The van der Waals surface area contributed by atoms with Gasteiger partial charge in [-0.25, -0.2) is 0 Å². The number of benzene rings is 2. The Balaban J connectivity index is 1.34. The molecule has 166 valence electrons. The molecule has 0 unspecified atom stereocenters. The topological polar surface area (TPSA) is 86.8 Å². The molecule has 32 heavy (non-hydrogen) atoms. The van der Waals surface area contributed by atoms with Crippen molar-refractivity contribution < 1.29 is 19.2 Å². The van der Waals surface area contributed by atoms with Crippen LogP contribution in [0.25, 0.3) is 0 Å². The van der Waals surface area contributed by atoms with Gasteiger partial charge in [-0.2, -0.15) is 0 Å². The van der Waals surface area contributed by atoms with Crippen molar-refractivity contribution in [3.8, 4) is 0 Å². The first kappa shape index (κ1) is 21.7. The van der Waals surface area contributed by atoms with Crippen LogP contribution >= 0.6 is 0 Å². The van der Waals surface area contributed by atoms with Gasteiger partial charge in [-0.1, -0.05) is 25.0 Å². The van der Waals surface area contributed by atoms with Crippen molar-refractivity contribution in [1.29, 1.82) is 0 Å². The fourth-order valence-corrected chi connectivity index (χ4v) is 4.38. The average Bonchev–Trinajstić information content (AvgIpc) is 3.32. The second-order valence-corrected chi connectivity index (χ2v) is 8.45. The molecule has 4 rings (SSSR count). The summed E-state index contributed by atoms with van der Waals surface area (Å²) in [6.45, 7) is 2.95. The van der Waals surface area contributed by atoms with Crippen molar-refractivity contribution in [3.05, 3.63) is 65.2 Å². The number of Topliss-reactive ketones (excluding diaryl/α,β-unsaturated/α-hetero) is 1. The minimum Gasteiger partial charge on any atom is -0.330 e. The monoisotopic (exact) mass is 433 g/mol. The Bertz CT molecular complexity index is 1020. The molecule has 1 aliphatic heterocycles. The van der Waals surface area contributed by atoms with Crippen LogP contribution < -0.4 is 5.32 Å². The summed E-state index contributed by atoms with van der Waals surface area (Å²) in [5.74, 6) is -1.13. The smallest absolute Gasteiger partial charge is 0.312 e. The van der Waals surface area contributed by atoms with Gasteiger partial charge in [0.1, 0.15) is 0 Å². The van der Waals surface area contributed by atoms with Crippen molar-refractivity contribution in [1.82, 2.24) is 9.80 Å². The highest BCUT2D eigenvalue weighted by atomic mass is 16.2. The molecule has 0 atom stereocenters. The molecule has 0 bridgehead atoms. The fourth-order valence-electron chi connectivity index (χ4n) is 4.38. The lowest BCUT2D eigenvalue weighted by Crippen LogP contribution is -2.56. The number of piperazine rings is 1. The highest BCUT2D eigenvalue weighted by Gasteiger charge is 2.37. The van der Waals surface area contributed by atoms with Gasteiger partial charge in [0, 0.05) is 42.5 Å². The lowest BCUT2D eigenvalue weighted by molar-refractivity contribution is -0.158. The number of nitrogens with one attached hydrogen (secondary N) is 1. The number of nitrogens with zero attached hydrogens (tertiary/aromatic N) is 2. The number of carbonyl (C=O) groups is 4. The van der Waals surface area contributed by atoms with Gasteiger partial charge in [0.2, 0.25) is 0 Å². The molecule has 3 amide bonds. The molecule has 1 heterocycles. The predicted molar refractivity (Wildman–Crippen MR) is 120 cm³/mol. The first-order valence-electron chi connectivity index (χ1n) is 11.0. The van der Waals surface area contributed by atoms with Gasteiger partial charge in [0.15, 0.2) is 5.78 Å². The van der Waals surface area contributed by atoms with E-state index in [2.05, 4.69) is 5.32 Å². The first-order valence-corrected chi connectivity index (χ1v) is 11.0. The summed E-state index contributed by atoms with van der Waals surface area (Å²) >= 11 is 0. The lowest BCUT2D eigenvalue weighted by atomic mass is 10.1. The van der Waals surface area contributed by atoms with Crippen LogP contribution in [0, 0.1) is 0 Å². The zero-order valence-electron chi connectivity index (χ0n) is 18.2. The molecule has 2 aromatic rings. The maximum atomic E-state index is 12.6. The second kappa shape index (κ2) is 9.34. The van der Waals surface area contributed by atoms with Gasteiger partial charge in [-0.3, -0.25) is 19.2 Å². The summed E-state index contributed by atoms with van der Waals surface area (Å²) in [6, 6.07) is 13.9. The van der Waals surface area contributed by atoms with Crippen LogP contribution in [0.4, 0.5) is 5.69 Å². The van der Waals surface area contributed by atoms with E-state index in [0.29, 0.717) is 36.4 Å². The number of ketones is 1. The Labute approximate surface area is 187 Å². The van der Waals surface area contributed by atoms with E-state index in [1.54, 1.807) is 58.3 Å². The fraction of sp³-hybridized carbons (Fsp3) is 0.360. The minimum absolute atomic E-state index is 0.0291.